The van der Waals surface area contributed by atoms with E-state index in [4.69, 9.17) is 23.2 Å². The van der Waals surface area contributed by atoms with E-state index >= 15 is 0 Å². The third-order valence-corrected chi connectivity index (χ3v) is 3.64. The van der Waals surface area contributed by atoms with Crippen LogP contribution < -0.4 is 0 Å². The first-order valence-corrected chi connectivity index (χ1v) is 6.47. The first kappa shape index (κ1) is 11.6. The molecule has 0 bridgehead atoms. The molecule has 0 saturated carbocycles. The van der Waals surface area contributed by atoms with Crippen LogP contribution in [0.5, 0.6) is 0 Å². The van der Waals surface area contributed by atoms with Gasteiger partial charge in [-0.15, -0.1) is 0 Å². The molecule has 0 fully saturated rings. The maximum Gasteiger partial charge on any atom is 0.0490 e. The van der Waals surface area contributed by atoms with Gasteiger partial charge in [-0.1, -0.05) is 41.4 Å². The van der Waals surface area contributed by atoms with Crippen LogP contribution in [-0.4, -0.2) is 4.57 Å². The second-order valence-corrected chi connectivity index (χ2v) is 5.08. The molecule has 1 heterocycles. The normalized spacial score (nSPS) is 11.0. The number of halogens is 2. The second kappa shape index (κ2) is 4.68. The van der Waals surface area contributed by atoms with E-state index in [0.29, 0.717) is 0 Å². The molecule has 0 spiro atoms. The molecule has 2 aromatic carbocycles. The van der Waals surface area contributed by atoms with Crippen LogP contribution in [0.2, 0.25) is 10.0 Å². The van der Waals surface area contributed by atoms with Gasteiger partial charge in [0.25, 0.3) is 0 Å². The van der Waals surface area contributed by atoms with E-state index in [1.807, 2.05) is 42.5 Å². The summed E-state index contributed by atoms with van der Waals surface area (Å²) in [7, 11) is 0. The third-order valence-electron chi connectivity index (χ3n) is 3.03. The Hall–Kier alpha value is -1.44. The molecular weight excluding hydrogens is 265 g/mol. The van der Waals surface area contributed by atoms with Crippen molar-refractivity contribution in [1.29, 1.82) is 0 Å². The van der Waals surface area contributed by atoms with Gasteiger partial charge < -0.3 is 4.57 Å². The molecule has 0 N–H and O–H groups in total. The first-order chi connectivity index (χ1) is 8.74. The topological polar surface area (TPSA) is 4.93 Å². The summed E-state index contributed by atoms with van der Waals surface area (Å²) in [4.78, 5) is 0. The Morgan fingerprint density at radius 2 is 1.78 bits per heavy atom. The second-order valence-electron chi connectivity index (χ2n) is 4.24. The first-order valence-electron chi connectivity index (χ1n) is 5.72. The van der Waals surface area contributed by atoms with Gasteiger partial charge >= 0.3 is 0 Å². The minimum atomic E-state index is 0.762. The molecule has 3 rings (SSSR count). The molecule has 0 amide bonds. The van der Waals surface area contributed by atoms with Crippen LogP contribution in [-0.2, 0) is 6.54 Å². The lowest BCUT2D eigenvalue weighted by Gasteiger charge is -2.07. The summed E-state index contributed by atoms with van der Waals surface area (Å²) >= 11 is 12.2. The Balaban J connectivity index is 2.03. The number of nitrogens with zero attached hydrogens (tertiary/aromatic N) is 1. The predicted molar refractivity (Wildman–Crippen MR) is 77.5 cm³/mol. The molecule has 0 aliphatic rings. The molecule has 1 aromatic heterocycles. The van der Waals surface area contributed by atoms with Crippen molar-refractivity contribution in [1.82, 2.24) is 4.57 Å². The van der Waals surface area contributed by atoms with Crippen LogP contribution in [0.15, 0.2) is 54.7 Å². The Morgan fingerprint density at radius 1 is 0.944 bits per heavy atom. The van der Waals surface area contributed by atoms with Gasteiger partial charge in [-0.05, 0) is 35.9 Å². The molecule has 0 radical (unpaired) electrons. The molecule has 0 unspecified atom stereocenters. The summed E-state index contributed by atoms with van der Waals surface area (Å²) in [6.07, 6.45) is 2.06. The van der Waals surface area contributed by atoms with Gasteiger partial charge in [0.1, 0.15) is 0 Å². The number of fused-ring (bicyclic) bond motifs is 1. The molecule has 0 atom stereocenters. The molecular formula is C15H11Cl2N. The lowest BCUT2D eigenvalue weighted by molar-refractivity contribution is 0.837. The van der Waals surface area contributed by atoms with Gasteiger partial charge in [0.15, 0.2) is 0 Å². The van der Waals surface area contributed by atoms with E-state index in [1.54, 1.807) is 0 Å². The quantitative estimate of drug-likeness (QED) is 0.621. The fraction of sp³-hybridized carbons (Fsp3) is 0.0667. The van der Waals surface area contributed by atoms with Crippen molar-refractivity contribution in [3.05, 3.63) is 70.3 Å². The van der Waals surface area contributed by atoms with E-state index in [2.05, 4.69) is 16.8 Å². The lowest BCUT2D eigenvalue weighted by atomic mass is 10.2. The molecule has 0 aliphatic carbocycles. The van der Waals surface area contributed by atoms with Gasteiger partial charge in [0, 0.05) is 33.7 Å². The predicted octanol–water partition coefficient (Wildman–Crippen LogP) is 5.00. The zero-order valence-electron chi connectivity index (χ0n) is 9.61. The van der Waals surface area contributed by atoms with E-state index in [9.17, 15) is 0 Å². The Kier molecular flexibility index (Phi) is 3.02. The summed E-state index contributed by atoms with van der Waals surface area (Å²) in [5.74, 6) is 0. The minimum absolute atomic E-state index is 0.762. The molecule has 0 aliphatic heterocycles. The number of hydrogen-bond acceptors (Lipinski definition) is 0. The molecule has 1 nitrogen and oxygen atoms in total. The van der Waals surface area contributed by atoms with Crippen LogP contribution in [0.3, 0.4) is 0 Å². The van der Waals surface area contributed by atoms with Crippen LogP contribution in [0, 0.1) is 0 Å². The standard InChI is InChI=1S/C15H11Cl2N/c16-13-5-6-15-11(9-13)7-8-18(15)10-12-3-1-2-4-14(12)17/h1-9H,10H2. The summed E-state index contributed by atoms with van der Waals surface area (Å²) in [5.41, 5.74) is 2.28. The van der Waals surface area contributed by atoms with Crippen molar-refractivity contribution < 1.29 is 0 Å². The maximum atomic E-state index is 6.18. The fourth-order valence-electron chi connectivity index (χ4n) is 2.12. The average Bonchev–Trinajstić information content (AvgIpc) is 2.74. The summed E-state index contributed by atoms with van der Waals surface area (Å²) in [6, 6.07) is 15.9. The molecule has 18 heavy (non-hydrogen) atoms. The Morgan fingerprint density at radius 3 is 2.61 bits per heavy atom. The van der Waals surface area contributed by atoms with Crippen molar-refractivity contribution in [3.63, 3.8) is 0 Å². The van der Waals surface area contributed by atoms with Crippen molar-refractivity contribution in [2.45, 2.75) is 6.54 Å². The van der Waals surface area contributed by atoms with Gasteiger partial charge in [-0.3, -0.25) is 0 Å². The molecule has 3 aromatic rings. The van der Waals surface area contributed by atoms with Gasteiger partial charge in [0.05, 0.1) is 0 Å². The highest BCUT2D eigenvalue weighted by Crippen LogP contribution is 2.23. The number of rotatable bonds is 2. The molecule has 3 heteroatoms. The third kappa shape index (κ3) is 2.12. The van der Waals surface area contributed by atoms with E-state index in [-0.39, 0.29) is 0 Å². The van der Waals surface area contributed by atoms with Gasteiger partial charge in [-0.25, -0.2) is 0 Å². The van der Waals surface area contributed by atoms with Crippen molar-refractivity contribution >= 4 is 34.1 Å². The van der Waals surface area contributed by atoms with Crippen molar-refractivity contribution in [3.8, 4) is 0 Å². The van der Waals surface area contributed by atoms with Crippen LogP contribution in [0.4, 0.5) is 0 Å². The smallest absolute Gasteiger partial charge is 0.0490 e. The highest BCUT2D eigenvalue weighted by molar-refractivity contribution is 6.31. The monoisotopic (exact) mass is 275 g/mol. The summed E-state index contributed by atoms with van der Waals surface area (Å²) < 4.78 is 2.17. The van der Waals surface area contributed by atoms with E-state index in [0.717, 1.165) is 27.5 Å². The van der Waals surface area contributed by atoms with Crippen LogP contribution in [0.25, 0.3) is 10.9 Å². The number of hydrogen-bond donors (Lipinski definition) is 0. The van der Waals surface area contributed by atoms with Crippen LogP contribution >= 0.6 is 23.2 Å². The highest BCUT2D eigenvalue weighted by atomic mass is 35.5. The van der Waals surface area contributed by atoms with Crippen molar-refractivity contribution in [2.24, 2.45) is 0 Å². The van der Waals surface area contributed by atoms with E-state index < -0.39 is 0 Å². The zero-order chi connectivity index (χ0) is 12.5. The fourth-order valence-corrected chi connectivity index (χ4v) is 2.50. The Bertz CT molecular complexity index is 701. The van der Waals surface area contributed by atoms with Gasteiger partial charge in [-0.2, -0.15) is 0 Å². The average molecular weight is 276 g/mol. The van der Waals surface area contributed by atoms with E-state index in [1.165, 1.54) is 5.52 Å². The highest BCUT2D eigenvalue weighted by Gasteiger charge is 2.04. The molecule has 0 saturated heterocycles. The van der Waals surface area contributed by atoms with Crippen molar-refractivity contribution in [2.75, 3.05) is 0 Å². The summed E-state index contributed by atoms with van der Waals surface area (Å²) in [6.45, 7) is 0.769. The largest absolute Gasteiger partial charge is 0.343 e. The maximum absolute atomic E-state index is 6.18. The SMILES string of the molecule is Clc1ccc2c(ccn2Cc2ccccc2Cl)c1. The number of benzene rings is 2. The summed E-state index contributed by atoms with van der Waals surface area (Å²) in [5, 5.41) is 2.71. The number of aromatic nitrogens is 1. The van der Waals surface area contributed by atoms with Crippen LogP contribution in [0.1, 0.15) is 5.56 Å². The minimum Gasteiger partial charge on any atom is -0.343 e. The lowest BCUT2D eigenvalue weighted by Crippen LogP contribution is -1.98. The Labute approximate surface area is 116 Å². The molecule has 90 valence electrons. The zero-order valence-corrected chi connectivity index (χ0v) is 11.1. The van der Waals surface area contributed by atoms with Gasteiger partial charge in [0.2, 0.25) is 0 Å².